The van der Waals surface area contributed by atoms with Crippen molar-refractivity contribution in [2.75, 3.05) is 11.9 Å². The molecule has 3 nitrogen and oxygen atoms in total. The van der Waals surface area contributed by atoms with Gasteiger partial charge in [0.05, 0.1) is 6.54 Å². The monoisotopic (exact) mass is 250 g/mol. The molecule has 1 rings (SSSR count). The molecule has 0 saturated heterocycles. The second-order valence-corrected chi connectivity index (χ2v) is 4.11. The third-order valence-corrected chi connectivity index (χ3v) is 2.81. The van der Waals surface area contributed by atoms with Gasteiger partial charge in [-0.25, -0.2) is 0 Å². The summed E-state index contributed by atoms with van der Waals surface area (Å²) >= 11 is 5.99. The van der Waals surface area contributed by atoms with Crippen LogP contribution in [-0.4, -0.2) is 18.5 Å². The Balaban J connectivity index is 2.68. The Morgan fingerprint density at radius 3 is 2.94 bits per heavy atom. The van der Waals surface area contributed by atoms with Crippen LogP contribution in [0.25, 0.3) is 0 Å². The van der Waals surface area contributed by atoms with Gasteiger partial charge in [-0.1, -0.05) is 23.6 Å². The molecule has 0 heterocycles. The number of hydrogen-bond acceptors (Lipinski definition) is 2. The summed E-state index contributed by atoms with van der Waals surface area (Å²) in [5, 5.41) is 6.38. The Morgan fingerprint density at radius 1 is 1.59 bits per heavy atom. The molecule has 1 aromatic rings. The SMILES string of the molecule is C#CCNC(=O)C(C)Nc1cccc(Cl)c1C. The first-order valence-electron chi connectivity index (χ1n) is 5.29. The molecule has 0 aromatic heterocycles. The zero-order chi connectivity index (χ0) is 12.8. The van der Waals surface area contributed by atoms with E-state index in [0.717, 1.165) is 11.3 Å². The molecule has 0 aliphatic rings. The van der Waals surface area contributed by atoms with Crippen LogP contribution < -0.4 is 10.6 Å². The molecule has 1 aromatic carbocycles. The van der Waals surface area contributed by atoms with Crippen molar-refractivity contribution in [2.45, 2.75) is 19.9 Å². The summed E-state index contributed by atoms with van der Waals surface area (Å²) in [5.41, 5.74) is 1.77. The maximum atomic E-state index is 11.6. The van der Waals surface area contributed by atoms with Crippen molar-refractivity contribution >= 4 is 23.2 Å². The zero-order valence-corrected chi connectivity index (χ0v) is 10.6. The number of rotatable bonds is 4. The minimum absolute atomic E-state index is 0.137. The lowest BCUT2D eigenvalue weighted by molar-refractivity contribution is -0.121. The highest BCUT2D eigenvalue weighted by atomic mass is 35.5. The Hall–Kier alpha value is -1.66. The van der Waals surface area contributed by atoms with E-state index >= 15 is 0 Å². The molecule has 4 heteroatoms. The van der Waals surface area contributed by atoms with Gasteiger partial charge in [0.25, 0.3) is 0 Å². The molecule has 1 amide bonds. The van der Waals surface area contributed by atoms with Crippen LogP contribution in [0.5, 0.6) is 0 Å². The minimum atomic E-state index is -0.361. The fourth-order valence-corrected chi connectivity index (χ4v) is 1.53. The first-order valence-corrected chi connectivity index (χ1v) is 5.67. The smallest absolute Gasteiger partial charge is 0.242 e. The Kier molecular flexibility index (Phi) is 4.86. The summed E-state index contributed by atoms with van der Waals surface area (Å²) in [4.78, 5) is 11.6. The van der Waals surface area contributed by atoms with Gasteiger partial charge in [0, 0.05) is 10.7 Å². The average molecular weight is 251 g/mol. The topological polar surface area (TPSA) is 41.1 Å². The van der Waals surface area contributed by atoms with E-state index in [4.69, 9.17) is 18.0 Å². The molecule has 90 valence electrons. The highest BCUT2D eigenvalue weighted by molar-refractivity contribution is 6.31. The van der Waals surface area contributed by atoms with Crippen LogP contribution in [0.4, 0.5) is 5.69 Å². The molecule has 0 spiro atoms. The maximum absolute atomic E-state index is 11.6. The van der Waals surface area contributed by atoms with Crippen LogP contribution in [-0.2, 0) is 4.79 Å². The lowest BCUT2D eigenvalue weighted by Crippen LogP contribution is -2.37. The number of halogens is 1. The molecular weight excluding hydrogens is 236 g/mol. The van der Waals surface area contributed by atoms with E-state index in [1.165, 1.54) is 0 Å². The lowest BCUT2D eigenvalue weighted by Gasteiger charge is -2.16. The molecule has 1 unspecified atom stereocenters. The van der Waals surface area contributed by atoms with E-state index in [9.17, 15) is 4.79 Å². The second kappa shape index (κ2) is 6.17. The summed E-state index contributed by atoms with van der Waals surface area (Å²) in [5.74, 6) is 2.22. The van der Waals surface area contributed by atoms with Gasteiger partial charge in [0.15, 0.2) is 0 Å². The number of terminal acetylenes is 1. The average Bonchev–Trinajstić information content (AvgIpc) is 2.31. The van der Waals surface area contributed by atoms with Gasteiger partial charge in [0.1, 0.15) is 6.04 Å². The lowest BCUT2D eigenvalue weighted by atomic mass is 10.2. The predicted molar refractivity (Wildman–Crippen MR) is 71.1 cm³/mol. The van der Waals surface area contributed by atoms with E-state index in [1.807, 2.05) is 25.1 Å². The van der Waals surface area contributed by atoms with Crippen molar-refractivity contribution in [3.8, 4) is 12.3 Å². The van der Waals surface area contributed by atoms with Gasteiger partial charge in [-0.05, 0) is 31.5 Å². The van der Waals surface area contributed by atoms with Crippen molar-refractivity contribution in [1.82, 2.24) is 5.32 Å². The summed E-state index contributed by atoms with van der Waals surface area (Å²) < 4.78 is 0. The van der Waals surface area contributed by atoms with E-state index < -0.39 is 0 Å². The first-order chi connectivity index (χ1) is 8.06. The molecule has 0 saturated carbocycles. The van der Waals surface area contributed by atoms with Gasteiger partial charge in [-0.2, -0.15) is 0 Å². The summed E-state index contributed by atoms with van der Waals surface area (Å²) in [6.07, 6.45) is 5.07. The zero-order valence-electron chi connectivity index (χ0n) is 9.88. The third-order valence-electron chi connectivity index (χ3n) is 2.40. The summed E-state index contributed by atoms with van der Waals surface area (Å²) in [6.45, 7) is 3.91. The van der Waals surface area contributed by atoms with Crippen molar-refractivity contribution in [2.24, 2.45) is 0 Å². The van der Waals surface area contributed by atoms with Crippen molar-refractivity contribution in [3.63, 3.8) is 0 Å². The summed E-state index contributed by atoms with van der Waals surface area (Å²) in [7, 11) is 0. The molecular formula is C13H15ClN2O. The van der Waals surface area contributed by atoms with Crippen LogP contribution in [0.3, 0.4) is 0 Å². The highest BCUT2D eigenvalue weighted by Crippen LogP contribution is 2.23. The van der Waals surface area contributed by atoms with E-state index in [-0.39, 0.29) is 18.5 Å². The fourth-order valence-electron chi connectivity index (χ4n) is 1.35. The molecule has 1 atom stereocenters. The molecule has 0 aliphatic heterocycles. The van der Waals surface area contributed by atoms with Crippen LogP contribution in [0, 0.1) is 19.3 Å². The van der Waals surface area contributed by atoms with Crippen molar-refractivity contribution < 1.29 is 4.79 Å². The van der Waals surface area contributed by atoms with Crippen molar-refractivity contribution in [3.05, 3.63) is 28.8 Å². The number of nitrogens with one attached hydrogen (secondary N) is 2. The van der Waals surface area contributed by atoms with Gasteiger partial charge in [-0.15, -0.1) is 6.42 Å². The first kappa shape index (κ1) is 13.4. The van der Waals surface area contributed by atoms with E-state index in [0.29, 0.717) is 5.02 Å². The predicted octanol–water partition coefficient (Wildman–Crippen LogP) is 2.20. The number of benzene rings is 1. The third kappa shape index (κ3) is 3.69. The molecule has 2 N–H and O–H groups in total. The number of carbonyl (C=O) groups excluding carboxylic acids is 1. The number of carbonyl (C=O) groups is 1. The van der Waals surface area contributed by atoms with Crippen LogP contribution in [0.2, 0.25) is 5.02 Å². The largest absolute Gasteiger partial charge is 0.374 e. The van der Waals surface area contributed by atoms with Crippen LogP contribution >= 0.6 is 11.6 Å². The Labute approximate surface area is 107 Å². The van der Waals surface area contributed by atoms with E-state index in [2.05, 4.69) is 16.6 Å². The molecule has 0 fully saturated rings. The van der Waals surface area contributed by atoms with Gasteiger partial charge < -0.3 is 10.6 Å². The number of hydrogen-bond donors (Lipinski definition) is 2. The van der Waals surface area contributed by atoms with Crippen LogP contribution in [0.15, 0.2) is 18.2 Å². The second-order valence-electron chi connectivity index (χ2n) is 3.70. The van der Waals surface area contributed by atoms with Gasteiger partial charge in [0.2, 0.25) is 5.91 Å². The van der Waals surface area contributed by atoms with Crippen LogP contribution in [0.1, 0.15) is 12.5 Å². The van der Waals surface area contributed by atoms with Gasteiger partial charge >= 0.3 is 0 Å². The standard InChI is InChI=1S/C13H15ClN2O/c1-4-8-15-13(17)10(3)16-12-7-5-6-11(14)9(12)2/h1,5-7,10,16H,8H2,2-3H3,(H,15,17). The molecule has 17 heavy (non-hydrogen) atoms. The normalized spacial score (nSPS) is 11.4. The minimum Gasteiger partial charge on any atom is -0.374 e. The quantitative estimate of drug-likeness (QED) is 0.805. The number of anilines is 1. The molecule has 0 bridgehead atoms. The maximum Gasteiger partial charge on any atom is 0.242 e. The van der Waals surface area contributed by atoms with E-state index in [1.54, 1.807) is 6.92 Å². The molecule has 0 radical (unpaired) electrons. The highest BCUT2D eigenvalue weighted by Gasteiger charge is 2.12. The van der Waals surface area contributed by atoms with Crippen molar-refractivity contribution in [1.29, 1.82) is 0 Å². The Morgan fingerprint density at radius 2 is 2.29 bits per heavy atom. The molecule has 0 aliphatic carbocycles. The summed E-state index contributed by atoms with van der Waals surface area (Å²) in [6, 6.07) is 5.17. The number of amides is 1. The Bertz CT molecular complexity index is 451. The van der Waals surface area contributed by atoms with Gasteiger partial charge in [-0.3, -0.25) is 4.79 Å². The fraction of sp³-hybridized carbons (Fsp3) is 0.308.